The van der Waals surface area contributed by atoms with Crippen molar-refractivity contribution >= 4 is 17.2 Å². The topological polar surface area (TPSA) is 62.2 Å². The van der Waals surface area contributed by atoms with E-state index in [-0.39, 0.29) is 23.3 Å². The molecule has 0 aliphatic carbocycles. The van der Waals surface area contributed by atoms with Crippen molar-refractivity contribution in [2.45, 2.75) is 26.8 Å². The molecule has 0 saturated carbocycles. The molecule has 1 amide bonds. The highest BCUT2D eigenvalue weighted by Crippen LogP contribution is 2.26. The van der Waals surface area contributed by atoms with Crippen molar-refractivity contribution < 1.29 is 9.90 Å². The van der Waals surface area contributed by atoms with Gasteiger partial charge in [-0.15, -0.1) is 11.3 Å². The van der Waals surface area contributed by atoms with Crippen molar-refractivity contribution in [2.75, 3.05) is 0 Å². The second-order valence-electron chi connectivity index (χ2n) is 4.46. The summed E-state index contributed by atoms with van der Waals surface area (Å²) in [5.41, 5.74) is 1.36. The molecule has 0 aromatic carbocycles. The molecule has 0 radical (unpaired) electrons. The van der Waals surface area contributed by atoms with Gasteiger partial charge in [-0.05, 0) is 38.5 Å². The minimum Gasteiger partial charge on any atom is -0.505 e. The van der Waals surface area contributed by atoms with Gasteiger partial charge in [0.15, 0.2) is 0 Å². The molecule has 2 heterocycles. The number of thiophene rings is 1. The van der Waals surface area contributed by atoms with Gasteiger partial charge in [0.1, 0.15) is 5.75 Å². The molecule has 0 saturated heterocycles. The minimum absolute atomic E-state index is 0.0926. The SMILES string of the molecule is Cc1cc(C(C)NC(=O)c2ccncc2O)c(C)s1. The molecule has 2 aromatic heterocycles. The van der Waals surface area contributed by atoms with Crippen LogP contribution in [0.4, 0.5) is 0 Å². The highest BCUT2D eigenvalue weighted by molar-refractivity contribution is 7.12. The molecule has 0 aliphatic rings. The van der Waals surface area contributed by atoms with Crippen molar-refractivity contribution in [1.82, 2.24) is 10.3 Å². The van der Waals surface area contributed by atoms with Crippen LogP contribution in [0.5, 0.6) is 5.75 Å². The molecule has 4 nitrogen and oxygen atoms in total. The Morgan fingerprint density at radius 2 is 2.21 bits per heavy atom. The molecule has 0 spiro atoms. The van der Waals surface area contributed by atoms with Gasteiger partial charge in [-0.1, -0.05) is 0 Å². The molecule has 19 heavy (non-hydrogen) atoms. The average molecular weight is 276 g/mol. The Morgan fingerprint density at radius 1 is 1.47 bits per heavy atom. The Bertz CT molecular complexity index is 607. The summed E-state index contributed by atoms with van der Waals surface area (Å²) in [6.45, 7) is 6.02. The number of nitrogens with one attached hydrogen (secondary N) is 1. The maximum atomic E-state index is 12.1. The van der Waals surface area contributed by atoms with Gasteiger partial charge < -0.3 is 10.4 Å². The highest BCUT2D eigenvalue weighted by Gasteiger charge is 2.16. The van der Waals surface area contributed by atoms with E-state index in [1.807, 2.05) is 20.8 Å². The number of rotatable bonds is 3. The van der Waals surface area contributed by atoms with Crippen molar-refractivity contribution in [3.8, 4) is 5.75 Å². The van der Waals surface area contributed by atoms with E-state index in [0.29, 0.717) is 0 Å². The normalized spacial score (nSPS) is 12.2. The van der Waals surface area contributed by atoms with Crippen LogP contribution in [0.2, 0.25) is 0 Å². The van der Waals surface area contributed by atoms with Gasteiger partial charge in [-0.25, -0.2) is 0 Å². The minimum atomic E-state index is -0.296. The fraction of sp³-hybridized carbons (Fsp3) is 0.286. The standard InChI is InChI=1S/C14H16N2O2S/c1-8-6-12(10(3)19-8)9(2)16-14(18)11-4-5-15-7-13(11)17/h4-7,9,17H,1-3H3,(H,16,18). The zero-order valence-electron chi connectivity index (χ0n) is 11.1. The van der Waals surface area contributed by atoms with Crippen LogP contribution in [0.1, 0.15) is 38.6 Å². The number of nitrogens with zero attached hydrogens (tertiary/aromatic N) is 1. The summed E-state index contributed by atoms with van der Waals surface area (Å²) < 4.78 is 0. The van der Waals surface area contributed by atoms with E-state index in [4.69, 9.17) is 0 Å². The number of carbonyl (C=O) groups is 1. The number of aromatic nitrogens is 1. The first kappa shape index (κ1) is 13.5. The molecule has 2 N–H and O–H groups in total. The van der Waals surface area contributed by atoms with Gasteiger partial charge in [0, 0.05) is 16.0 Å². The van der Waals surface area contributed by atoms with Crippen LogP contribution in [0, 0.1) is 13.8 Å². The lowest BCUT2D eigenvalue weighted by atomic mass is 10.1. The predicted molar refractivity (Wildman–Crippen MR) is 75.6 cm³/mol. The van der Waals surface area contributed by atoms with Crippen molar-refractivity contribution in [3.05, 3.63) is 45.4 Å². The largest absolute Gasteiger partial charge is 0.505 e. The third kappa shape index (κ3) is 2.93. The monoisotopic (exact) mass is 276 g/mol. The number of hydrogen-bond donors (Lipinski definition) is 2. The van der Waals surface area contributed by atoms with E-state index in [9.17, 15) is 9.90 Å². The van der Waals surface area contributed by atoms with Crippen molar-refractivity contribution in [1.29, 1.82) is 0 Å². The van der Waals surface area contributed by atoms with Crippen LogP contribution in [-0.2, 0) is 0 Å². The number of pyridine rings is 1. The second-order valence-corrected chi connectivity index (χ2v) is 5.92. The first-order valence-electron chi connectivity index (χ1n) is 6.00. The number of amides is 1. The van der Waals surface area contributed by atoms with Gasteiger partial charge in [0.05, 0.1) is 17.8 Å². The average Bonchev–Trinajstić information content (AvgIpc) is 2.69. The van der Waals surface area contributed by atoms with E-state index >= 15 is 0 Å². The molecule has 1 unspecified atom stereocenters. The molecule has 1 atom stereocenters. The van der Waals surface area contributed by atoms with Crippen LogP contribution in [0.25, 0.3) is 0 Å². The molecule has 2 rings (SSSR count). The highest BCUT2D eigenvalue weighted by atomic mass is 32.1. The van der Waals surface area contributed by atoms with E-state index in [1.165, 1.54) is 28.2 Å². The van der Waals surface area contributed by atoms with E-state index in [0.717, 1.165) is 5.56 Å². The number of hydrogen-bond acceptors (Lipinski definition) is 4. The molecule has 5 heteroatoms. The lowest BCUT2D eigenvalue weighted by Gasteiger charge is -2.14. The molecule has 0 bridgehead atoms. The van der Waals surface area contributed by atoms with Gasteiger partial charge in [0.25, 0.3) is 5.91 Å². The van der Waals surface area contributed by atoms with Gasteiger partial charge >= 0.3 is 0 Å². The lowest BCUT2D eigenvalue weighted by Crippen LogP contribution is -2.26. The van der Waals surface area contributed by atoms with Gasteiger partial charge in [-0.3, -0.25) is 9.78 Å². The number of aromatic hydroxyl groups is 1. The summed E-state index contributed by atoms with van der Waals surface area (Å²) in [4.78, 5) is 18.2. The number of aryl methyl sites for hydroxylation is 2. The van der Waals surface area contributed by atoms with Gasteiger partial charge in [-0.2, -0.15) is 0 Å². The van der Waals surface area contributed by atoms with Crippen LogP contribution < -0.4 is 5.32 Å². The van der Waals surface area contributed by atoms with Crippen LogP contribution in [0.15, 0.2) is 24.5 Å². The first-order valence-corrected chi connectivity index (χ1v) is 6.81. The summed E-state index contributed by atoms with van der Waals surface area (Å²) in [5, 5.41) is 12.5. The summed E-state index contributed by atoms with van der Waals surface area (Å²) in [7, 11) is 0. The van der Waals surface area contributed by atoms with Crippen LogP contribution >= 0.6 is 11.3 Å². The molecule has 0 fully saturated rings. The zero-order valence-corrected chi connectivity index (χ0v) is 11.9. The molecule has 2 aromatic rings. The van der Waals surface area contributed by atoms with Crippen molar-refractivity contribution in [2.24, 2.45) is 0 Å². The quantitative estimate of drug-likeness (QED) is 0.906. The zero-order chi connectivity index (χ0) is 14.0. The third-order valence-corrected chi connectivity index (χ3v) is 3.92. The summed E-state index contributed by atoms with van der Waals surface area (Å²) in [6, 6.07) is 3.49. The fourth-order valence-electron chi connectivity index (χ4n) is 2.01. The van der Waals surface area contributed by atoms with Crippen LogP contribution in [-0.4, -0.2) is 16.0 Å². The lowest BCUT2D eigenvalue weighted by molar-refractivity contribution is 0.0937. The summed E-state index contributed by atoms with van der Waals surface area (Å²) in [6.07, 6.45) is 2.75. The van der Waals surface area contributed by atoms with Crippen LogP contribution in [0.3, 0.4) is 0 Å². The van der Waals surface area contributed by atoms with E-state index in [1.54, 1.807) is 11.3 Å². The Labute approximate surface area is 116 Å². The van der Waals surface area contributed by atoms with E-state index in [2.05, 4.69) is 16.4 Å². The van der Waals surface area contributed by atoms with Crippen molar-refractivity contribution in [3.63, 3.8) is 0 Å². The van der Waals surface area contributed by atoms with E-state index < -0.39 is 0 Å². The smallest absolute Gasteiger partial charge is 0.255 e. The Hall–Kier alpha value is -1.88. The molecular weight excluding hydrogens is 260 g/mol. The fourth-order valence-corrected chi connectivity index (χ4v) is 3.03. The summed E-state index contributed by atoms with van der Waals surface area (Å²) >= 11 is 1.71. The Kier molecular flexibility index (Phi) is 3.85. The predicted octanol–water partition coefficient (Wildman–Crippen LogP) is 2.96. The molecular formula is C14H16N2O2S. The maximum Gasteiger partial charge on any atom is 0.255 e. The third-order valence-electron chi connectivity index (χ3n) is 2.94. The Balaban J connectivity index is 2.15. The summed E-state index contributed by atoms with van der Waals surface area (Å²) in [5.74, 6) is -0.402. The maximum absolute atomic E-state index is 12.1. The number of carbonyl (C=O) groups excluding carboxylic acids is 1. The second kappa shape index (κ2) is 5.40. The van der Waals surface area contributed by atoms with Gasteiger partial charge in [0.2, 0.25) is 0 Å². The molecule has 100 valence electrons. The Morgan fingerprint density at radius 3 is 2.79 bits per heavy atom. The molecule has 0 aliphatic heterocycles. The first-order chi connectivity index (χ1) is 8.99.